The zero-order chi connectivity index (χ0) is 17.2. The summed E-state index contributed by atoms with van der Waals surface area (Å²) < 4.78 is 38.5. The molecule has 5 nitrogen and oxygen atoms in total. The lowest BCUT2D eigenvalue weighted by atomic mass is 10.2. The molecule has 0 atom stereocenters. The van der Waals surface area contributed by atoms with E-state index in [0.717, 1.165) is 28.9 Å². The second-order valence-electron chi connectivity index (χ2n) is 4.93. The predicted octanol–water partition coefficient (Wildman–Crippen LogP) is 3.53. The number of benzene rings is 1. The Morgan fingerprint density at radius 3 is 2.79 bits per heavy atom. The number of alkyl halides is 3. The summed E-state index contributed by atoms with van der Waals surface area (Å²) in [6.45, 7) is 0. The highest BCUT2D eigenvalue weighted by molar-refractivity contribution is 5.83. The number of pyridine rings is 1. The van der Waals surface area contributed by atoms with Crippen LogP contribution in [0.1, 0.15) is 0 Å². The molecule has 8 heteroatoms. The van der Waals surface area contributed by atoms with Gasteiger partial charge in [-0.1, -0.05) is 0 Å². The van der Waals surface area contributed by atoms with Crippen molar-refractivity contribution in [2.24, 2.45) is 10.7 Å². The summed E-state index contributed by atoms with van der Waals surface area (Å²) in [6, 6.07) is 8.80. The van der Waals surface area contributed by atoms with Crippen LogP contribution in [-0.4, -0.2) is 27.2 Å². The topological polar surface area (TPSA) is 69.1 Å². The Morgan fingerprint density at radius 1 is 1.25 bits per heavy atom. The lowest BCUT2D eigenvalue weighted by Gasteiger charge is -2.03. The standard InChI is InChI=1S/C16H12F3N5/c17-16(18,19)15(20)5-7-22-12-3-4-14-11(8-12)10-24(23-14)13-2-1-6-21-9-13/h1-10H,20H2. The fourth-order valence-electron chi connectivity index (χ4n) is 2.01. The normalized spacial score (nSPS) is 13.0. The third kappa shape index (κ3) is 3.43. The molecule has 0 saturated carbocycles. The van der Waals surface area contributed by atoms with Gasteiger partial charge in [-0.15, -0.1) is 0 Å². The minimum absolute atomic E-state index is 0.500. The van der Waals surface area contributed by atoms with Gasteiger partial charge in [0.25, 0.3) is 0 Å². The average Bonchev–Trinajstić information content (AvgIpc) is 2.98. The minimum Gasteiger partial charge on any atom is -0.395 e. The summed E-state index contributed by atoms with van der Waals surface area (Å²) in [4.78, 5) is 7.99. The molecular formula is C16H12F3N5. The van der Waals surface area contributed by atoms with Gasteiger partial charge < -0.3 is 5.73 Å². The number of nitrogens with zero attached hydrogens (tertiary/aromatic N) is 4. The Balaban J connectivity index is 1.87. The highest BCUT2D eigenvalue weighted by atomic mass is 19.4. The van der Waals surface area contributed by atoms with E-state index >= 15 is 0 Å². The smallest absolute Gasteiger partial charge is 0.395 e. The van der Waals surface area contributed by atoms with Crippen molar-refractivity contribution in [1.29, 1.82) is 0 Å². The third-order valence-corrected chi connectivity index (χ3v) is 3.20. The van der Waals surface area contributed by atoms with Crippen molar-refractivity contribution in [2.75, 3.05) is 0 Å². The van der Waals surface area contributed by atoms with Crippen LogP contribution in [-0.2, 0) is 0 Å². The molecule has 2 aromatic heterocycles. The first kappa shape index (κ1) is 15.7. The monoisotopic (exact) mass is 331 g/mol. The molecule has 0 aliphatic carbocycles. The lowest BCUT2D eigenvalue weighted by molar-refractivity contribution is -0.0925. The Kier molecular flexibility index (Phi) is 4.03. The van der Waals surface area contributed by atoms with E-state index < -0.39 is 11.9 Å². The molecule has 1 aromatic carbocycles. The van der Waals surface area contributed by atoms with Crippen LogP contribution in [0.2, 0.25) is 0 Å². The second-order valence-corrected chi connectivity index (χ2v) is 4.93. The van der Waals surface area contributed by atoms with Gasteiger partial charge in [-0.2, -0.15) is 18.3 Å². The summed E-state index contributed by atoms with van der Waals surface area (Å²) in [5, 5.41) is 5.22. The maximum Gasteiger partial charge on any atom is 0.430 e. The van der Waals surface area contributed by atoms with Crippen molar-refractivity contribution >= 4 is 22.8 Å². The number of halogens is 3. The van der Waals surface area contributed by atoms with Gasteiger partial charge in [0.2, 0.25) is 0 Å². The fourth-order valence-corrected chi connectivity index (χ4v) is 2.01. The van der Waals surface area contributed by atoms with Gasteiger partial charge in [0, 0.05) is 24.0 Å². The number of rotatable bonds is 3. The van der Waals surface area contributed by atoms with E-state index in [-0.39, 0.29) is 0 Å². The van der Waals surface area contributed by atoms with Crippen molar-refractivity contribution in [2.45, 2.75) is 6.18 Å². The zero-order valence-electron chi connectivity index (χ0n) is 12.3. The van der Waals surface area contributed by atoms with Gasteiger partial charge in [-0.3, -0.25) is 9.98 Å². The number of hydrogen-bond acceptors (Lipinski definition) is 4. The SMILES string of the molecule is NC(=CC=Nc1ccc2nn(-c3cccnc3)cc2c1)C(F)(F)F. The molecule has 0 amide bonds. The van der Waals surface area contributed by atoms with Gasteiger partial charge in [0.1, 0.15) is 5.70 Å². The van der Waals surface area contributed by atoms with Crippen molar-refractivity contribution in [3.63, 3.8) is 0 Å². The Hall–Kier alpha value is -3.16. The summed E-state index contributed by atoms with van der Waals surface area (Å²) in [5.41, 5.74) is 5.75. The van der Waals surface area contributed by atoms with Crippen LogP contribution in [0.3, 0.4) is 0 Å². The molecule has 0 radical (unpaired) electrons. The van der Waals surface area contributed by atoms with E-state index in [1.165, 1.54) is 0 Å². The fraction of sp³-hybridized carbons (Fsp3) is 0.0625. The van der Waals surface area contributed by atoms with E-state index in [1.54, 1.807) is 47.5 Å². The Labute approximate surface area is 134 Å². The zero-order valence-corrected chi connectivity index (χ0v) is 12.3. The highest BCUT2D eigenvalue weighted by Crippen LogP contribution is 2.23. The van der Waals surface area contributed by atoms with Gasteiger partial charge >= 0.3 is 6.18 Å². The van der Waals surface area contributed by atoms with Gasteiger partial charge in [0.05, 0.1) is 23.1 Å². The summed E-state index contributed by atoms with van der Waals surface area (Å²) in [5.74, 6) is 0. The van der Waals surface area contributed by atoms with E-state index in [0.29, 0.717) is 5.69 Å². The number of hydrogen-bond donors (Lipinski definition) is 1. The van der Waals surface area contributed by atoms with Gasteiger partial charge in [-0.25, -0.2) is 4.68 Å². The molecule has 122 valence electrons. The molecule has 0 aliphatic heterocycles. The molecule has 2 N–H and O–H groups in total. The largest absolute Gasteiger partial charge is 0.430 e. The minimum atomic E-state index is -4.55. The van der Waals surface area contributed by atoms with Crippen LogP contribution in [0.4, 0.5) is 18.9 Å². The molecular weight excluding hydrogens is 319 g/mol. The molecule has 0 bridgehead atoms. The van der Waals surface area contributed by atoms with E-state index in [2.05, 4.69) is 15.1 Å². The van der Waals surface area contributed by atoms with E-state index in [9.17, 15) is 13.2 Å². The number of allylic oxidation sites excluding steroid dienone is 2. The summed E-state index contributed by atoms with van der Waals surface area (Å²) >= 11 is 0. The average molecular weight is 331 g/mol. The molecule has 0 saturated heterocycles. The molecule has 2 heterocycles. The quantitative estimate of drug-likeness (QED) is 0.747. The molecule has 0 unspecified atom stereocenters. The van der Waals surface area contributed by atoms with Crippen LogP contribution in [0, 0.1) is 0 Å². The number of fused-ring (bicyclic) bond motifs is 1. The van der Waals surface area contributed by atoms with Crippen LogP contribution >= 0.6 is 0 Å². The predicted molar refractivity (Wildman–Crippen MR) is 85.3 cm³/mol. The first-order valence-electron chi connectivity index (χ1n) is 6.90. The van der Waals surface area contributed by atoms with Crippen LogP contribution in [0.15, 0.2) is 65.7 Å². The van der Waals surface area contributed by atoms with Crippen molar-refractivity contribution in [3.8, 4) is 5.69 Å². The molecule has 3 aromatic rings. The number of aliphatic imine (C=N–C) groups is 1. The van der Waals surface area contributed by atoms with Gasteiger partial charge in [0.15, 0.2) is 0 Å². The summed E-state index contributed by atoms with van der Waals surface area (Å²) in [6.07, 6.45) is 2.33. The van der Waals surface area contributed by atoms with Crippen molar-refractivity contribution in [1.82, 2.24) is 14.8 Å². The maximum atomic E-state index is 12.3. The van der Waals surface area contributed by atoms with Crippen molar-refractivity contribution < 1.29 is 13.2 Å². The maximum absolute atomic E-state index is 12.3. The first-order valence-corrected chi connectivity index (χ1v) is 6.90. The second kappa shape index (κ2) is 6.15. The van der Waals surface area contributed by atoms with Crippen LogP contribution < -0.4 is 5.73 Å². The Morgan fingerprint density at radius 2 is 2.08 bits per heavy atom. The highest BCUT2D eigenvalue weighted by Gasteiger charge is 2.30. The van der Waals surface area contributed by atoms with Crippen molar-refractivity contribution in [3.05, 3.63) is 60.7 Å². The number of aromatic nitrogens is 3. The molecule has 0 spiro atoms. The first-order chi connectivity index (χ1) is 11.4. The molecule has 3 rings (SSSR count). The molecule has 24 heavy (non-hydrogen) atoms. The van der Waals surface area contributed by atoms with Crippen LogP contribution in [0.5, 0.6) is 0 Å². The van der Waals surface area contributed by atoms with E-state index in [4.69, 9.17) is 5.73 Å². The van der Waals surface area contributed by atoms with Crippen LogP contribution in [0.25, 0.3) is 16.6 Å². The third-order valence-electron chi connectivity index (χ3n) is 3.20. The Bertz CT molecular complexity index is 910. The number of nitrogens with two attached hydrogens (primary N) is 1. The summed E-state index contributed by atoms with van der Waals surface area (Å²) in [7, 11) is 0. The van der Waals surface area contributed by atoms with E-state index in [1.807, 2.05) is 6.07 Å². The molecule has 0 aliphatic rings. The molecule has 0 fully saturated rings. The lowest BCUT2D eigenvalue weighted by Crippen LogP contribution is -2.19. The van der Waals surface area contributed by atoms with Gasteiger partial charge in [-0.05, 0) is 36.4 Å².